The van der Waals surface area contributed by atoms with Crippen LogP contribution in [0.3, 0.4) is 0 Å². The highest BCUT2D eigenvalue weighted by Crippen LogP contribution is 2.06. The number of carboxylic acid groups (broad SMARTS) is 1. The Kier molecular flexibility index (Phi) is 22.3. The number of carboxylic acids is 1. The van der Waals surface area contributed by atoms with Crippen molar-refractivity contribution < 1.29 is 20.1 Å². The molecule has 2 atom stereocenters. The summed E-state index contributed by atoms with van der Waals surface area (Å²) in [4.78, 5) is 10.4. The van der Waals surface area contributed by atoms with Crippen LogP contribution in [0.25, 0.3) is 0 Å². The van der Waals surface area contributed by atoms with Gasteiger partial charge in [0.15, 0.2) is 0 Å². The average molecular weight is 447 g/mol. The van der Waals surface area contributed by atoms with Crippen molar-refractivity contribution in [3.05, 3.63) is 60.8 Å². The number of carbonyl (C=O) groups is 1. The smallest absolute Gasteiger partial charge is 0.303 e. The van der Waals surface area contributed by atoms with E-state index in [0.29, 0.717) is 25.7 Å². The molecule has 0 amide bonds. The summed E-state index contributed by atoms with van der Waals surface area (Å²) in [5.41, 5.74) is 0. The molecule has 0 radical (unpaired) electrons. The van der Waals surface area contributed by atoms with E-state index < -0.39 is 18.2 Å². The maximum Gasteiger partial charge on any atom is 0.303 e. The fourth-order valence-electron chi connectivity index (χ4n) is 3.04. The molecule has 0 saturated heterocycles. The first-order valence-electron chi connectivity index (χ1n) is 12.4. The van der Waals surface area contributed by atoms with Gasteiger partial charge in [-0.3, -0.25) is 4.79 Å². The van der Waals surface area contributed by atoms with Crippen molar-refractivity contribution in [2.45, 2.75) is 109 Å². The van der Waals surface area contributed by atoms with Crippen LogP contribution in [0.2, 0.25) is 0 Å². The van der Waals surface area contributed by atoms with Gasteiger partial charge in [-0.05, 0) is 70.6 Å². The highest BCUT2D eigenvalue weighted by atomic mass is 16.4. The van der Waals surface area contributed by atoms with Crippen molar-refractivity contribution in [1.29, 1.82) is 0 Å². The maximum atomic E-state index is 10.4. The zero-order chi connectivity index (χ0) is 23.7. The summed E-state index contributed by atoms with van der Waals surface area (Å²) in [5, 5.41) is 28.4. The van der Waals surface area contributed by atoms with E-state index in [-0.39, 0.29) is 6.42 Å². The fraction of sp³-hybridized carbons (Fsp3) is 0.607. The van der Waals surface area contributed by atoms with Gasteiger partial charge in [-0.15, -0.1) is 0 Å². The Balaban J connectivity index is 3.65. The minimum atomic E-state index is -0.806. The van der Waals surface area contributed by atoms with Crippen LogP contribution in [0.5, 0.6) is 0 Å². The normalized spacial score (nSPS) is 14.6. The fourth-order valence-corrected chi connectivity index (χ4v) is 3.04. The third-order valence-electron chi connectivity index (χ3n) is 4.98. The molecule has 32 heavy (non-hydrogen) atoms. The van der Waals surface area contributed by atoms with E-state index in [1.165, 1.54) is 44.9 Å². The van der Waals surface area contributed by atoms with Gasteiger partial charge in [0.2, 0.25) is 0 Å². The Labute approximate surface area is 196 Å². The van der Waals surface area contributed by atoms with E-state index >= 15 is 0 Å². The minimum absolute atomic E-state index is 0.123. The lowest BCUT2D eigenvalue weighted by molar-refractivity contribution is -0.136. The summed E-state index contributed by atoms with van der Waals surface area (Å²) in [5.74, 6) is -0.806. The van der Waals surface area contributed by atoms with Gasteiger partial charge in [0.05, 0.1) is 12.2 Å². The lowest BCUT2D eigenvalue weighted by Crippen LogP contribution is -2.02. The zero-order valence-electron chi connectivity index (χ0n) is 20.1. The van der Waals surface area contributed by atoms with Crippen LogP contribution >= 0.6 is 0 Å². The molecule has 182 valence electrons. The van der Waals surface area contributed by atoms with Crippen molar-refractivity contribution in [3.63, 3.8) is 0 Å². The lowest BCUT2D eigenvalue weighted by atomic mass is 10.1. The van der Waals surface area contributed by atoms with Crippen molar-refractivity contribution in [3.8, 4) is 0 Å². The van der Waals surface area contributed by atoms with E-state index in [9.17, 15) is 15.0 Å². The molecule has 0 heterocycles. The molecule has 0 aliphatic rings. The molecule has 4 nitrogen and oxygen atoms in total. The number of rotatable bonds is 21. The van der Waals surface area contributed by atoms with Crippen molar-refractivity contribution in [2.24, 2.45) is 0 Å². The first-order chi connectivity index (χ1) is 15.6. The molecular formula is C28H46O4. The van der Waals surface area contributed by atoms with Gasteiger partial charge in [0.25, 0.3) is 0 Å². The predicted octanol–water partition coefficient (Wildman–Crippen LogP) is 7.06. The molecule has 0 aromatic carbocycles. The molecule has 0 aliphatic heterocycles. The molecule has 0 bridgehead atoms. The number of hydrogen-bond acceptors (Lipinski definition) is 3. The number of allylic oxidation sites excluding steroid dienone is 6. The maximum absolute atomic E-state index is 10.4. The summed E-state index contributed by atoms with van der Waals surface area (Å²) in [6.07, 6.45) is 32.1. The molecule has 3 N–H and O–H groups in total. The molecule has 0 fully saturated rings. The van der Waals surface area contributed by atoms with Crippen LogP contribution in [-0.4, -0.2) is 33.5 Å². The Morgan fingerprint density at radius 1 is 0.688 bits per heavy atom. The van der Waals surface area contributed by atoms with Crippen molar-refractivity contribution in [2.75, 3.05) is 0 Å². The average Bonchev–Trinajstić information content (AvgIpc) is 2.76. The quantitative estimate of drug-likeness (QED) is 0.130. The Hall–Kier alpha value is -1.91. The van der Waals surface area contributed by atoms with Crippen molar-refractivity contribution >= 4 is 5.97 Å². The van der Waals surface area contributed by atoms with E-state index in [1.807, 2.05) is 30.4 Å². The largest absolute Gasteiger partial charge is 0.481 e. The summed E-state index contributed by atoms with van der Waals surface area (Å²) in [6, 6.07) is 0. The summed E-state index contributed by atoms with van der Waals surface area (Å²) in [6.45, 7) is 2.23. The van der Waals surface area contributed by atoms with Crippen LogP contribution in [0, 0.1) is 0 Å². The molecule has 0 aromatic heterocycles. The van der Waals surface area contributed by atoms with Gasteiger partial charge >= 0.3 is 5.97 Å². The topological polar surface area (TPSA) is 77.8 Å². The van der Waals surface area contributed by atoms with Crippen LogP contribution < -0.4 is 0 Å². The summed E-state index contributed by atoms with van der Waals surface area (Å²) in [7, 11) is 0. The van der Waals surface area contributed by atoms with E-state index in [0.717, 1.165) is 12.8 Å². The molecule has 0 saturated carbocycles. The lowest BCUT2D eigenvalue weighted by Gasteiger charge is -2.03. The number of unbranched alkanes of at least 4 members (excludes halogenated alkanes) is 6. The molecule has 0 spiro atoms. The monoisotopic (exact) mass is 446 g/mol. The predicted molar refractivity (Wildman–Crippen MR) is 136 cm³/mol. The van der Waals surface area contributed by atoms with Crippen molar-refractivity contribution in [1.82, 2.24) is 0 Å². The van der Waals surface area contributed by atoms with E-state index in [2.05, 4.69) is 31.2 Å². The van der Waals surface area contributed by atoms with Crippen LogP contribution in [0.4, 0.5) is 0 Å². The first kappa shape index (κ1) is 30.1. The van der Waals surface area contributed by atoms with Gasteiger partial charge in [-0.25, -0.2) is 0 Å². The molecular weight excluding hydrogens is 400 g/mol. The van der Waals surface area contributed by atoms with Gasteiger partial charge in [0, 0.05) is 6.42 Å². The number of aliphatic carboxylic acids is 1. The second-order valence-corrected chi connectivity index (χ2v) is 8.19. The SMILES string of the molecule is CCCCC/C=C\CCCC/C=C\CC(O)/C=C\C/C=C\CC(O)C/C=C\CCC(=O)O. The first-order valence-corrected chi connectivity index (χ1v) is 12.4. The van der Waals surface area contributed by atoms with E-state index in [1.54, 1.807) is 6.08 Å². The Morgan fingerprint density at radius 3 is 1.84 bits per heavy atom. The van der Waals surface area contributed by atoms with Crippen LogP contribution in [0.15, 0.2) is 60.8 Å². The molecule has 0 rings (SSSR count). The van der Waals surface area contributed by atoms with Gasteiger partial charge in [-0.1, -0.05) is 80.5 Å². The van der Waals surface area contributed by atoms with E-state index in [4.69, 9.17) is 5.11 Å². The molecule has 0 aliphatic carbocycles. The van der Waals surface area contributed by atoms with Gasteiger partial charge in [0.1, 0.15) is 0 Å². The standard InChI is InChI=1S/C28H46O4/c1-2-3-4-5-6-7-8-9-10-11-12-16-21-26(29)22-17-13-14-18-23-27(30)24-19-15-20-25-28(31)32/h6-7,12,14-19,22,26-27,29-30H,2-5,8-11,13,20-21,23-25H2,1H3,(H,31,32)/b7-6-,16-12-,18-14-,19-15-,22-17-. The number of aliphatic hydroxyl groups is 2. The summed E-state index contributed by atoms with van der Waals surface area (Å²) >= 11 is 0. The van der Waals surface area contributed by atoms with Gasteiger partial charge < -0.3 is 15.3 Å². The molecule has 2 unspecified atom stereocenters. The van der Waals surface area contributed by atoms with Crippen LogP contribution in [0.1, 0.15) is 96.8 Å². The summed E-state index contributed by atoms with van der Waals surface area (Å²) < 4.78 is 0. The third kappa shape index (κ3) is 24.4. The molecule has 4 heteroatoms. The third-order valence-corrected chi connectivity index (χ3v) is 4.98. The number of hydrogen-bond donors (Lipinski definition) is 3. The molecule has 0 aromatic rings. The van der Waals surface area contributed by atoms with Crippen LogP contribution in [-0.2, 0) is 4.79 Å². The van der Waals surface area contributed by atoms with Gasteiger partial charge in [-0.2, -0.15) is 0 Å². The Bertz CT molecular complexity index is 572. The Morgan fingerprint density at radius 2 is 1.22 bits per heavy atom. The number of aliphatic hydroxyl groups excluding tert-OH is 2. The zero-order valence-corrected chi connectivity index (χ0v) is 20.1. The minimum Gasteiger partial charge on any atom is -0.481 e. The highest BCUT2D eigenvalue weighted by molar-refractivity contribution is 5.66. The highest BCUT2D eigenvalue weighted by Gasteiger charge is 1.98. The second kappa shape index (κ2) is 23.7. The second-order valence-electron chi connectivity index (χ2n) is 8.19.